The Morgan fingerprint density at radius 3 is 2.72 bits per heavy atom. The van der Waals surface area contributed by atoms with Crippen molar-refractivity contribution >= 4 is 18.3 Å². The van der Waals surface area contributed by atoms with Crippen LogP contribution in [0.5, 0.6) is 11.5 Å². The van der Waals surface area contributed by atoms with Crippen molar-refractivity contribution in [2.75, 3.05) is 13.2 Å². The maximum Gasteiger partial charge on any atom is 0.239 e. The van der Waals surface area contributed by atoms with Gasteiger partial charge in [0.1, 0.15) is 6.61 Å². The van der Waals surface area contributed by atoms with Gasteiger partial charge >= 0.3 is 0 Å². The molecule has 1 heterocycles. The molecule has 1 aliphatic rings. The number of phenolic OH excluding ortho intramolecular Hbond substituents is 1. The van der Waals surface area contributed by atoms with Gasteiger partial charge in [0, 0.05) is 12.1 Å². The molecule has 0 spiro atoms. The third-order valence-corrected chi connectivity index (χ3v) is 4.27. The van der Waals surface area contributed by atoms with E-state index in [0.717, 1.165) is 22.3 Å². The molecule has 0 aliphatic carbocycles. The number of hydrogen-bond acceptors (Lipinski definition) is 4. The molecule has 2 aromatic carbocycles. The number of fused-ring (bicyclic) bond motifs is 1. The number of amides is 1. The van der Waals surface area contributed by atoms with Crippen molar-refractivity contribution in [1.82, 2.24) is 4.90 Å². The maximum absolute atomic E-state index is 12.2. The van der Waals surface area contributed by atoms with Crippen LogP contribution in [-0.2, 0) is 11.3 Å². The van der Waals surface area contributed by atoms with Crippen LogP contribution in [0.3, 0.4) is 0 Å². The molecule has 1 atom stereocenters. The molecular weight excluding hydrogens is 340 g/mol. The van der Waals surface area contributed by atoms with Gasteiger partial charge in [-0.2, -0.15) is 0 Å². The third-order valence-electron chi connectivity index (χ3n) is 4.27. The smallest absolute Gasteiger partial charge is 0.239 e. The van der Waals surface area contributed by atoms with Gasteiger partial charge < -0.3 is 20.5 Å². The molecule has 0 unspecified atom stereocenters. The molecule has 3 N–H and O–H groups in total. The molecule has 0 saturated heterocycles. The van der Waals surface area contributed by atoms with Crippen LogP contribution in [-0.4, -0.2) is 35.1 Å². The number of nitrogens with zero attached hydrogens (tertiary/aromatic N) is 1. The van der Waals surface area contributed by atoms with E-state index < -0.39 is 6.04 Å². The summed E-state index contributed by atoms with van der Waals surface area (Å²) in [5.74, 6) is 0.431. The van der Waals surface area contributed by atoms with Crippen LogP contribution in [0.15, 0.2) is 36.4 Å². The zero-order chi connectivity index (χ0) is 17.3. The quantitative estimate of drug-likeness (QED) is 0.861. The monoisotopic (exact) mass is 362 g/mol. The lowest BCUT2D eigenvalue weighted by Gasteiger charge is -2.22. The number of carbonyl (C=O) groups excluding carboxylic acids is 1. The molecule has 0 fully saturated rings. The lowest BCUT2D eigenvalue weighted by molar-refractivity contribution is -0.132. The van der Waals surface area contributed by atoms with E-state index in [1.165, 1.54) is 0 Å². The summed E-state index contributed by atoms with van der Waals surface area (Å²) in [6.07, 6.45) is 0. The van der Waals surface area contributed by atoms with Gasteiger partial charge in [-0.25, -0.2) is 0 Å². The molecule has 0 bridgehead atoms. The average Bonchev–Trinajstić information content (AvgIpc) is 2.77. The lowest BCUT2D eigenvalue weighted by Crippen LogP contribution is -2.42. The Bertz CT molecular complexity index is 777. The minimum absolute atomic E-state index is 0. The minimum Gasteiger partial charge on any atom is -0.504 e. The molecule has 0 saturated carbocycles. The summed E-state index contributed by atoms with van der Waals surface area (Å²) in [5.41, 5.74) is 9.59. The second-order valence-corrected chi connectivity index (χ2v) is 6.20. The molecule has 1 aliphatic heterocycles. The van der Waals surface area contributed by atoms with Gasteiger partial charge in [0.2, 0.25) is 5.91 Å². The van der Waals surface area contributed by atoms with Crippen molar-refractivity contribution in [3.05, 3.63) is 47.5 Å². The minimum atomic E-state index is -0.556. The van der Waals surface area contributed by atoms with Crippen molar-refractivity contribution < 1.29 is 14.6 Å². The summed E-state index contributed by atoms with van der Waals surface area (Å²) < 4.78 is 5.68. The Morgan fingerprint density at radius 2 is 2.04 bits per heavy atom. The van der Waals surface area contributed by atoms with Crippen molar-refractivity contribution in [1.29, 1.82) is 0 Å². The summed E-state index contributed by atoms with van der Waals surface area (Å²) in [5, 5.41) is 10.4. The molecule has 25 heavy (non-hydrogen) atoms. The summed E-state index contributed by atoms with van der Waals surface area (Å²) in [6, 6.07) is 11.1. The van der Waals surface area contributed by atoms with Crippen molar-refractivity contribution in [3.8, 4) is 22.6 Å². The highest BCUT2D eigenvalue weighted by Crippen LogP contribution is 2.38. The summed E-state index contributed by atoms with van der Waals surface area (Å²) >= 11 is 0. The first-order valence-corrected chi connectivity index (χ1v) is 8.06. The highest BCUT2D eigenvalue weighted by atomic mass is 35.5. The summed E-state index contributed by atoms with van der Waals surface area (Å²) in [6.45, 7) is 4.87. The predicted molar refractivity (Wildman–Crippen MR) is 100 cm³/mol. The molecule has 6 heteroatoms. The van der Waals surface area contributed by atoms with Crippen LogP contribution in [0.25, 0.3) is 11.1 Å². The van der Waals surface area contributed by atoms with E-state index in [1.807, 2.05) is 37.3 Å². The fraction of sp³-hybridized carbons (Fsp3) is 0.316. The van der Waals surface area contributed by atoms with Crippen LogP contribution in [0.4, 0.5) is 0 Å². The van der Waals surface area contributed by atoms with E-state index in [9.17, 15) is 9.90 Å². The molecule has 2 aromatic rings. The number of phenols is 1. The van der Waals surface area contributed by atoms with Crippen LogP contribution in [0, 0.1) is 6.92 Å². The Hall–Kier alpha value is -2.24. The largest absolute Gasteiger partial charge is 0.504 e. The fourth-order valence-corrected chi connectivity index (χ4v) is 3.03. The predicted octanol–water partition coefficient (Wildman–Crippen LogP) is 2.86. The van der Waals surface area contributed by atoms with E-state index in [0.29, 0.717) is 25.4 Å². The highest BCUT2D eigenvalue weighted by molar-refractivity contribution is 5.85. The van der Waals surface area contributed by atoms with Crippen LogP contribution >= 0.6 is 12.4 Å². The third kappa shape index (κ3) is 3.89. The van der Waals surface area contributed by atoms with Gasteiger partial charge in [-0.3, -0.25) is 4.79 Å². The Labute approximate surface area is 153 Å². The van der Waals surface area contributed by atoms with E-state index in [-0.39, 0.29) is 24.1 Å². The van der Waals surface area contributed by atoms with Gasteiger partial charge in [0.15, 0.2) is 11.5 Å². The van der Waals surface area contributed by atoms with Gasteiger partial charge in [0.25, 0.3) is 0 Å². The highest BCUT2D eigenvalue weighted by Gasteiger charge is 2.24. The molecule has 5 nitrogen and oxygen atoms in total. The molecule has 0 radical (unpaired) electrons. The first-order chi connectivity index (χ1) is 11.5. The number of ether oxygens (including phenoxy) is 1. The van der Waals surface area contributed by atoms with E-state index in [1.54, 1.807) is 17.9 Å². The fourth-order valence-electron chi connectivity index (χ4n) is 3.03. The molecule has 1 amide bonds. The second kappa shape index (κ2) is 7.76. The zero-order valence-corrected chi connectivity index (χ0v) is 15.2. The number of nitrogens with two attached hydrogens (primary N) is 1. The summed E-state index contributed by atoms with van der Waals surface area (Å²) in [4.78, 5) is 13.9. The van der Waals surface area contributed by atoms with E-state index in [4.69, 9.17) is 10.5 Å². The van der Waals surface area contributed by atoms with E-state index in [2.05, 4.69) is 0 Å². The van der Waals surface area contributed by atoms with Crippen LogP contribution in [0.2, 0.25) is 0 Å². The number of aryl methyl sites for hydroxylation is 1. The molecular formula is C19H23ClN2O3. The zero-order valence-electron chi connectivity index (χ0n) is 14.4. The molecule has 3 rings (SSSR count). The second-order valence-electron chi connectivity index (χ2n) is 6.20. The van der Waals surface area contributed by atoms with Crippen molar-refractivity contribution in [3.63, 3.8) is 0 Å². The molecule has 0 aromatic heterocycles. The van der Waals surface area contributed by atoms with Gasteiger partial charge in [-0.05, 0) is 42.7 Å². The Morgan fingerprint density at radius 1 is 1.32 bits per heavy atom. The van der Waals surface area contributed by atoms with Crippen LogP contribution in [0.1, 0.15) is 18.1 Å². The number of carbonyl (C=O) groups is 1. The molecule has 134 valence electrons. The number of hydrogen-bond donors (Lipinski definition) is 2. The van der Waals surface area contributed by atoms with Gasteiger partial charge in [0.05, 0.1) is 12.6 Å². The Balaban J connectivity index is 0.00000225. The normalized spacial score (nSPS) is 14.6. The SMILES string of the molecule is Cc1ccccc1-c1cc(O)c2c(c1)CN(C(=O)[C@H](C)N)CCO2.Cl. The number of benzene rings is 2. The average molecular weight is 363 g/mol. The lowest BCUT2D eigenvalue weighted by atomic mass is 9.97. The summed E-state index contributed by atoms with van der Waals surface area (Å²) in [7, 11) is 0. The van der Waals surface area contributed by atoms with Crippen molar-refractivity contribution in [2.24, 2.45) is 5.73 Å². The van der Waals surface area contributed by atoms with E-state index >= 15 is 0 Å². The van der Waals surface area contributed by atoms with Crippen LogP contribution < -0.4 is 10.5 Å². The Kier molecular flexibility index (Phi) is 5.93. The first kappa shape index (κ1) is 19.1. The maximum atomic E-state index is 12.2. The number of halogens is 1. The van der Waals surface area contributed by atoms with Gasteiger partial charge in [-0.1, -0.05) is 24.3 Å². The number of rotatable bonds is 2. The van der Waals surface area contributed by atoms with Crippen molar-refractivity contribution in [2.45, 2.75) is 26.4 Å². The van der Waals surface area contributed by atoms with Gasteiger partial charge in [-0.15, -0.1) is 12.4 Å². The first-order valence-electron chi connectivity index (χ1n) is 8.06. The number of aromatic hydroxyl groups is 1. The standard InChI is InChI=1S/C19H22N2O3.ClH/c1-12-5-3-4-6-16(12)14-9-15-11-21(19(23)13(2)20)7-8-24-18(15)17(22)10-14;/h3-6,9-10,13,22H,7-8,11,20H2,1-2H3;1H/t13-;/m0./s1. The topological polar surface area (TPSA) is 75.8 Å².